The molecular formula is C21H26N2O4S. The van der Waals surface area contributed by atoms with Crippen LogP contribution in [0.3, 0.4) is 0 Å². The number of unbranched alkanes of at least 4 members (excludes halogenated alkanes) is 1. The minimum Gasteiger partial charge on any atom is -0.497 e. The van der Waals surface area contributed by atoms with Gasteiger partial charge >= 0.3 is 0 Å². The highest BCUT2D eigenvalue weighted by atomic mass is 32.2. The number of nitrogens with one attached hydrogen (secondary N) is 2. The zero-order chi connectivity index (χ0) is 20.4. The molecule has 2 aromatic rings. The van der Waals surface area contributed by atoms with Gasteiger partial charge < -0.3 is 20.1 Å². The average molecular weight is 403 g/mol. The van der Waals surface area contributed by atoms with E-state index < -0.39 is 0 Å². The topological polar surface area (TPSA) is 76.7 Å². The van der Waals surface area contributed by atoms with Crippen molar-refractivity contribution in [3.05, 3.63) is 42.5 Å². The van der Waals surface area contributed by atoms with Crippen LogP contribution in [0.25, 0.3) is 0 Å². The summed E-state index contributed by atoms with van der Waals surface area (Å²) in [6.45, 7) is 2.06. The highest BCUT2D eigenvalue weighted by Crippen LogP contribution is 2.29. The van der Waals surface area contributed by atoms with Gasteiger partial charge in [-0.15, -0.1) is 11.8 Å². The number of rotatable bonds is 10. The molecule has 0 saturated heterocycles. The van der Waals surface area contributed by atoms with Gasteiger partial charge in [0.2, 0.25) is 11.8 Å². The van der Waals surface area contributed by atoms with Crippen molar-refractivity contribution in [1.29, 1.82) is 0 Å². The Kier molecular flexibility index (Phi) is 8.68. The molecule has 0 radical (unpaired) electrons. The normalized spacial score (nSPS) is 10.2. The van der Waals surface area contributed by atoms with Crippen molar-refractivity contribution in [2.45, 2.75) is 31.1 Å². The molecule has 150 valence electrons. The SMILES string of the molecule is CCCCC(=O)Nc1ccc(SCC(=O)Nc2ccc(OC)cc2OC)cc1. The number of carbonyl (C=O) groups excluding carboxylic acids is 2. The Morgan fingerprint density at radius 2 is 1.71 bits per heavy atom. The molecule has 7 heteroatoms. The van der Waals surface area contributed by atoms with Crippen LogP contribution in [-0.4, -0.2) is 31.8 Å². The van der Waals surface area contributed by atoms with E-state index in [2.05, 4.69) is 17.6 Å². The molecule has 0 heterocycles. The third-order valence-electron chi connectivity index (χ3n) is 3.95. The molecule has 0 aliphatic heterocycles. The van der Waals surface area contributed by atoms with E-state index in [1.165, 1.54) is 11.8 Å². The lowest BCUT2D eigenvalue weighted by atomic mass is 10.2. The van der Waals surface area contributed by atoms with Crippen LogP contribution in [0.1, 0.15) is 26.2 Å². The maximum Gasteiger partial charge on any atom is 0.234 e. The van der Waals surface area contributed by atoms with Gasteiger partial charge in [0.05, 0.1) is 25.7 Å². The molecule has 0 atom stereocenters. The minimum atomic E-state index is -0.134. The Morgan fingerprint density at radius 3 is 2.36 bits per heavy atom. The Hall–Kier alpha value is -2.67. The largest absolute Gasteiger partial charge is 0.497 e. The Morgan fingerprint density at radius 1 is 0.964 bits per heavy atom. The lowest BCUT2D eigenvalue weighted by molar-refractivity contribution is -0.116. The van der Waals surface area contributed by atoms with Crippen LogP contribution >= 0.6 is 11.8 Å². The van der Waals surface area contributed by atoms with Gasteiger partial charge in [0.25, 0.3) is 0 Å². The number of amides is 2. The van der Waals surface area contributed by atoms with E-state index in [0.29, 0.717) is 23.6 Å². The van der Waals surface area contributed by atoms with Crippen LogP contribution < -0.4 is 20.1 Å². The molecule has 0 aromatic heterocycles. The number of carbonyl (C=O) groups is 2. The minimum absolute atomic E-state index is 0.0232. The fourth-order valence-corrected chi connectivity index (χ4v) is 3.13. The maximum absolute atomic E-state index is 12.2. The number of ether oxygens (including phenoxy) is 2. The van der Waals surface area contributed by atoms with Crippen LogP contribution in [0.15, 0.2) is 47.4 Å². The first kappa shape index (κ1) is 21.6. The molecule has 0 spiro atoms. The summed E-state index contributed by atoms with van der Waals surface area (Å²) < 4.78 is 10.4. The van der Waals surface area contributed by atoms with Crippen molar-refractivity contribution in [1.82, 2.24) is 0 Å². The first-order valence-electron chi connectivity index (χ1n) is 9.10. The monoisotopic (exact) mass is 402 g/mol. The Bertz CT molecular complexity index is 793. The molecule has 2 amide bonds. The van der Waals surface area contributed by atoms with Crippen LogP contribution in [-0.2, 0) is 9.59 Å². The van der Waals surface area contributed by atoms with Crippen LogP contribution in [0, 0.1) is 0 Å². The van der Waals surface area contributed by atoms with Crippen molar-refractivity contribution in [3.8, 4) is 11.5 Å². The molecule has 0 aliphatic rings. The molecule has 0 saturated carbocycles. The standard InChI is InChI=1S/C21H26N2O4S/c1-4-5-6-20(24)22-15-7-10-17(11-8-15)28-14-21(25)23-18-12-9-16(26-2)13-19(18)27-3/h7-13H,4-6,14H2,1-3H3,(H,22,24)(H,23,25). The lowest BCUT2D eigenvalue weighted by Crippen LogP contribution is -2.14. The van der Waals surface area contributed by atoms with E-state index in [1.54, 1.807) is 32.4 Å². The van der Waals surface area contributed by atoms with Gasteiger partial charge in [-0.25, -0.2) is 0 Å². The van der Waals surface area contributed by atoms with E-state index in [1.807, 2.05) is 24.3 Å². The summed E-state index contributed by atoms with van der Waals surface area (Å²) in [5.41, 5.74) is 1.36. The van der Waals surface area contributed by atoms with Gasteiger partial charge in [-0.2, -0.15) is 0 Å². The zero-order valence-corrected chi connectivity index (χ0v) is 17.2. The molecule has 0 unspecified atom stereocenters. The van der Waals surface area contributed by atoms with Crippen molar-refractivity contribution in [3.63, 3.8) is 0 Å². The second kappa shape index (κ2) is 11.2. The molecule has 2 aromatic carbocycles. The Labute approximate surface area is 170 Å². The maximum atomic E-state index is 12.2. The van der Waals surface area contributed by atoms with Gasteiger partial charge in [-0.3, -0.25) is 9.59 Å². The number of anilines is 2. The summed E-state index contributed by atoms with van der Waals surface area (Å²) in [7, 11) is 3.12. The molecule has 2 N–H and O–H groups in total. The number of hydrogen-bond donors (Lipinski definition) is 2. The van der Waals surface area contributed by atoms with Crippen LogP contribution in [0.4, 0.5) is 11.4 Å². The third-order valence-corrected chi connectivity index (χ3v) is 4.96. The smallest absolute Gasteiger partial charge is 0.234 e. The van der Waals surface area contributed by atoms with Gasteiger partial charge in [0, 0.05) is 23.1 Å². The van der Waals surface area contributed by atoms with E-state index in [0.717, 1.165) is 23.4 Å². The Balaban J connectivity index is 1.85. The lowest BCUT2D eigenvalue weighted by Gasteiger charge is -2.11. The molecule has 0 fully saturated rings. The summed E-state index contributed by atoms with van der Waals surface area (Å²) in [6.07, 6.45) is 2.41. The highest BCUT2D eigenvalue weighted by Gasteiger charge is 2.10. The second-order valence-corrected chi connectivity index (χ2v) is 7.13. The molecule has 6 nitrogen and oxygen atoms in total. The number of methoxy groups -OCH3 is 2. The van der Waals surface area contributed by atoms with Crippen molar-refractivity contribution < 1.29 is 19.1 Å². The first-order valence-corrected chi connectivity index (χ1v) is 10.1. The van der Waals surface area contributed by atoms with E-state index in [4.69, 9.17) is 9.47 Å². The summed E-state index contributed by atoms with van der Waals surface area (Å²) in [5.74, 6) is 1.35. The molecule has 0 bridgehead atoms. The molecule has 2 rings (SSSR count). The second-order valence-electron chi connectivity index (χ2n) is 6.08. The predicted octanol–water partition coefficient (Wildman–Crippen LogP) is 4.56. The van der Waals surface area contributed by atoms with Crippen molar-refractivity contribution in [2.75, 3.05) is 30.6 Å². The number of benzene rings is 2. The van der Waals surface area contributed by atoms with Crippen molar-refractivity contribution >= 4 is 35.0 Å². The van der Waals surface area contributed by atoms with Gasteiger partial charge in [0.15, 0.2) is 0 Å². The zero-order valence-electron chi connectivity index (χ0n) is 16.4. The van der Waals surface area contributed by atoms with E-state index >= 15 is 0 Å². The average Bonchev–Trinajstić information content (AvgIpc) is 2.72. The van der Waals surface area contributed by atoms with Gasteiger partial charge in [0.1, 0.15) is 11.5 Å². The van der Waals surface area contributed by atoms with Gasteiger partial charge in [-0.1, -0.05) is 13.3 Å². The quantitative estimate of drug-likeness (QED) is 0.570. The highest BCUT2D eigenvalue weighted by molar-refractivity contribution is 8.00. The van der Waals surface area contributed by atoms with Crippen LogP contribution in [0.5, 0.6) is 11.5 Å². The molecular weight excluding hydrogens is 376 g/mol. The predicted molar refractivity (Wildman–Crippen MR) is 113 cm³/mol. The van der Waals surface area contributed by atoms with Crippen LogP contribution in [0.2, 0.25) is 0 Å². The number of hydrogen-bond acceptors (Lipinski definition) is 5. The summed E-state index contributed by atoms with van der Waals surface area (Å²) in [4.78, 5) is 24.9. The van der Waals surface area contributed by atoms with E-state index in [-0.39, 0.29) is 17.6 Å². The van der Waals surface area contributed by atoms with Gasteiger partial charge in [-0.05, 0) is 42.8 Å². The van der Waals surface area contributed by atoms with E-state index in [9.17, 15) is 9.59 Å². The van der Waals surface area contributed by atoms with Crippen molar-refractivity contribution in [2.24, 2.45) is 0 Å². The summed E-state index contributed by atoms with van der Waals surface area (Å²) in [6, 6.07) is 12.7. The fraction of sp³-hybridized carbons (Fsp3) is 0.333. The third kappa shape index (κ3) is 6.81. The summed E-state index contributed by atoms with van der Waals surface area (Å²) in [5, 5.41) is 5.71. The first-order chi connectivity index (χ1) is 13.5. The summed E-state index contributed by atoms with van der Waals surface area (Å²) >= 11 is 1.42. The molecule has 28 heavy (non-hydrogen) atoms. The molecule has 0 aliphatic carbocycles. The number of thioether (sulfide) groups is 1. The fourth-order valence-electron chi connectivity index (χ4n) is 2.43.